The van der Waals surface area contributed by atoms with E-state index in [1.165, 1.54) is 12.1 Å². The van der Waals surface area contributed by atoms with E-state index in [-0.39, 0.29) is 28.4 Å². The fraction of sp³-hybridized carbons (Fsp3) is 0.458. The number of likely N-dealkylation sites (N-methyl/N-ethyl adjacent to an activating group) is 1. The molecule has 1 unspecified atom stereocenters. The third-order valence-corrected chi connectivity index (χ3v) is 7.03. The Bertz CT molecular complexity index is 1020. The standard InChI is InChI=1S/C24H27F3N2O3S/c1-28-8-10-29(11-9-28)21-18-13-16(22(30)19(18)14-20(31-2)23(21)32-3)12-15-4-6-17(7-5-15)33-24(25,26)27/h4-7,14,16H,8-13H2,1-3H3. The number of rotatable bonds is 6. The summed E-state index contributed by atoms with van der Waals surface area (Å²) >= 11 is -0.135. The minimum atomic E-state index is -4.32. The average molecular weight is 481 g/mol. The highest BCUT2D eigenvalue weighted by Crippen LogP contribution is 2.47. The zero-order valence-electron chi connectivity index (χ0n) is 18.9. The van der Waals surface area contributed by atoms with E-state index < -0.39 is 5.51 Å². The molecule has 1 saturated heterocycles. The van der Waals surface area contributed by atoms with Gasteiger partial charge in [-0.05, 0) is 61.0 Å². The Labute approximate surface area is 195 Å². The van der Waals surface area contributed by atoms with E-state index in [0.29, 0.717) is 29.9 Å². The number of anilines is 1. The molecule has 0 radical (unpaired) electrons. The van der Waals surface area contributed by atoms with Crippen molar-refractivity contribution in [2.24, 2.45) is 5.92 Å². The molecule has 0 saturated carbocycles. The molecule has 178 valence electrons. The molecule has 0 bridgehead atoms. The number of alkyl halides is 3. The molecule has 2 aromatic rings. The van der Waals surface area contributed by atoms with E-state index in [1.807, 2.05) is 0 Å². The fourth-order valence-corrected chi connectivity index (χ4v) is 5.18. The van der Waals surface area contributed by atoms with Crippen molar-refractivity contribution in [3.63, 3.8) is 0 Å². The number of fused-ring (bicyclic) bond motifs is 1. The van der Waals surface area contributed by atoms with Gasteiger partial charge in [-0.1, -0.05) is 12.1 Å². The molecule has 1 heterocycles. The molecule has 33 heavy (non-hydrogen) atoms. The summed E-state index contributed by atoms with van der Waals surface area (Å²) in [6, 6.07) is 8.03. The first-order valence-corrected chi connectivity index (χ1v) is 11.6. The number of hydrogen-bond acceptors (Lipinski definition) is 6. The van der Waals surface area contributed by atoms with Crippen molar-refractivity contribution in [3.05, 3.63) is 47.0 Å². The summed E-state index contributed by atoms with van der Waals surface area (Å²) in [6.07, 6.45) is 1.03. The second kappa shape index (κ2) is 9.46. The van der Waals surface area contributed by atoms with Gasteiger partial charge < -0.3 is 19.3 Å². The van der Waals surface area contributed by atoms with E-state index in [4.69, 9.17) is 9.47 Å². The van der Waals surface area contributed by atoms with Gasteiger partial charge in [-0.15, -0.1) is 0 Å². The van der Waals surface area contributed by atoms with Crippen LogP contribution < -0.4 is 14.4 Å². The lowest BCUT2D eigenvalue weighted by atomic mass is 9.96. The van der Waals surface area contributed by atoms with Gasteiger partial charge in [0.1, 0.15) is 0 Å². The number of carbonyl (C=O) groups is 1. The van der Waals surface area contributed by atoms with Gasteiger partial charge >= 0.3 is 5.51 Å². The fourth-order valence-electron chi connectivity index (χ4n) is 4.64. The van der Waals surface area contributed by atoms with Gasteiger partial charge in [-0.2, -0.15) is 13.2 Å². The largest absolute Gasteiger partial charge is 0.493 e. The highest BCUT2D eigenvalue weighted by molar-refractivity contribution is 8.00. The third kappa shape index (κ3) is 5.09. The molecule has 5 nitrogen and oxygen atoms in total. The molecule has 1 aliphatic heterocycles. The minimum absolute atomic E-state index is 0.0371. The minimum Gasteiger partial charge on any atom is -0.493 e. The van der Waals surface area contributed by atoms with Crippen LogP contribution in [0.5, 0.6) is 11.5 Å². The predicted molar refractivity (Wildman–Crippen MR) is 123 cm³/mol. The van der Waals surface area contributed by atoms with Crippen LogP contribution in [0.1, 0.15) is 21.5 Å². The van der Waals surface area contributed by atoms with Gasteiger partial charge in [-0.25, -0.2) is 0 Å². The lowest BCUT2D eigenvalue weighted by molar-refractivity contribution is -0.0328. The van der Waals surface area contributed by atoms with Crippen LogP contribution in [0.15, 0.2) is 35.2 Å². The number of carbonyl (C=O) groups excluding carboxylic acids is 1. The zero-order valence-corrected chi connectivity index (χ0v) is 19.7. The zero-order chi connectivity index (χ0) is 23.8. The summed E-state index contributed by atoms with van der Waals surface area (Å²) in [6.45, 7) is 3.47. The second-order valence-corrected chi connectivity index (χ2v) is 9.58. The number of methoxy groups -OCH3 is 2. The van der Waals surface area contributed by atoms with Crippen molar-refractivity contribution in [2.75, 3.05) is 52.3 Å². The van der Waals surface area contributed by atoms with E-state index >= 15 is 0 Å². The van der Waals surface area contributed by atoms with Gasteiger partial charge in [0.25, 0.3) is 0 Å². The summed E-state index contributed by atoms with van der Waals surface area (Å²) < 4.78 is 49.1. The number of ketones is 1. The molecule has 2 aromatic carbocycles. The van der Waals surface area contributed by atoms with E-state index in [1.54, 1.807) is 32.4 Å². The van der Waals surface area contributed by atoms with Crippen molar-refractivity contribution in [1.29, 1.82) is 0 Å². The monoisotopic (exact) mass is 480 g/mol. The van der Waals surface area contributed by atoms with E-state index in [0.717, 1.165) is 43.0 Å². The second-order valence-electron chi connectivity index (χ2n) is 8.44. The molecule has 0 spiro atoms. The first-order chi connectivity index (χ1) is 15.7. The maximum Gasteiger partial charge on any atom is 0.446 e. The van der Waals surface area contributed by atoms with Crippen molar-refractivity contribution >= 4 is 23.2 Å². The number of benzene rings is 2. The van der Waals surface area contributed by atoms with Crippen LogP contribution >= 0.6 is 11.8 Å². The Morgan fingerprint density at radius 1 is 1.06 bits per heavy atom. The number of thioether (sulfide) groups is 1. The highest BCUT2D eigenvalue weighted by Gasteiger charge is 2.37. The molecule has 2 aliphatic rings. The van der Waals surface area contributed by atoms with Crippen molar-refractivity contribution in [3.8, 4) is 11.5 Å². The van der Waals surface area contributed by atoms with Crippen LogP contribution in [0.4, 0.5) is 18.9 Å². The normalized spacial score (nSPS) is 19.0. The molecule has 0 N–H and O–H groups in total. The lowest BCUT2D eigenvalue weighted by Crippen LogP contribution is -2.45. The Hall–Kier alpha value is -2.39. The smallest absolute Gasteiger partial charge is 0.446 e. The Morgan fingerprint density at radius 3 is 2.30 bits per heavy atom. The van der Waals surface area contributed by atoms with Crippen molar-refractivity contribution < 1.29 is 27.4 Å². The Morgan fingerprint density at radius 2 is 1.73 bits per heavy atom. The number of nitrogens with zero attached hydrogens (tertiary/aromatic N) is 2. The summed E-state index contributed by atoms with van der Waals surface area (Å²) in [4.78, 5) is 18.0. The highest BCUT2D eigenvalue weighted by atomic mass is 32.2. The van der Waals surface area contributed by atoms with Crippen LogP contribution in [0.2, 0.25) is 0 Å². The molecule has 0 aromatic heterocycles. The molecule has 1 atom stereocenters. The number of hydrogen-bond donors (Lipinski definition) is 0. The summed E-state index contributed by atoms with van der Waals surface area (Å²) in [5.74, 6) is 0.940. The summed E-state index contributed by atoms with van der Waals surface area (Å²) in [5, 5.41) is 0. The van der Waals surface area contributed by atoms with Gasteiger partial charge in [-0.3, -0.25) is 4.79 Å². The average Bonchev–Trinajstić information content (AvgIpc) is 3.08. The van der Waals surface area contributed by atoms with Gasteiger partial charge in [0.2, 0.25) is 0 Å². The maximum atomic E-state index is 13.3. The number of halogens is 3. The lowest BCUT2D eigenvalue weighted by Gasteiger charge is -2.36. The van der Waals surface area contributed by atoms with Crippen LogP contribution in [0.3, 0.4) is 0 Å². The topological polar surface area (TPSA) is 42.0 Å². The van der Waals surface area contributed by atoms with Crippen LogP contribution in [0, 0.1) is 5.92 Å². The molecule has 1 fully saturated rings. The third-order valence-electron chi connectivity index (χ3n) is 6.29. The number of Topliss-reactive ketones (excluding diaryl/α,β-unsaturated/α-hetero) is 1. The SMILES string of the molecule is COc1cc2c(c(N3CCN(C)CC3)c1OC)CC(Cc1ccc(SC(F)(F)F)cc1)C2=O. The molecular weight excluding hydrogens is 453 g/mol. The van der Waals surface area contributed by atoms with Crippen LogP contribution in [-0.4, -0.2) is 63.6 Å². The van der Waals surface area contributed by atoms with Crippen LogP contribution in [0.25, 0.3) is 0 Å². The van der Waals surface area contributed by atoms with E-state index in [9.17, 15) is 18.0 Å². The Kier molecular flexibility index (Phi) is 6.81. The van der Waals surface area contributed by atoms with Crippen molar-refractivity contribution in [2.45, 2.75) is 23.2 Å². The van der Waals surface area contributed by atoms with Gasteiger partial charge in [0.15, 0.2) is 17.3 Å². The van der Waals surface area contributed by atoms with Gasteiger partial charge in [0.05, 0.1) is 19.9 Å². The number of ether oxygens (including phenoxy) is 2. The molecular formula is C24H27F3N2O3S. The molecule has 9 heteroatoms. The molecule has 4 rings (SSSR count). The molecule has 1 aliphatic carbocycles. The van der Waals surface area contributed by atoms with Gasteiger partial charge in [0, 0.05) is 42.6 Å². The predicted octanol–water partition coefficient (Wildman–Crippen LogP) is 4.67. The Balaban J connectivity index is 1.61. The summed E-state index contributed by atoms with van der Waals surface area (Å²) in [7, 11) is 5.26. The summed E-state index contributed by atoms with van der Waals surface area (Å²) in [5.41, 5.74) is -0.935. The molecule has 0 amide bonds. The number of piperazine rings is 1. The van der Waals surface area contributed by atoms with Crippen molar-refractivity contribution in [1.82, 2.24) is 4.90 Å². The first kappa shape index (κ1) is 23.8. The van der Waals surface area contributed by atoms with Crippen LogP contribution in [-0.2, 0) is 12.8 Å². The van der Waals surface area contributed by atoms with E-state index in [2.05, 4.69) is 16.8 Å². The maximum absolute atomic E-state index is 13.3. The first-order valence-electron chi connectivity index (χ1n) is 10.8. The quantitative estimate of drug-likeness (QED) is 0.560.